The van der Waals surface area contributed by atoms with Gasteiger partial charge in [0.2, 0.25) is 5.91 Å². The summed E-state index contributed by atoms with van der Waals surface area (Å²) in [7, 11) is 0. The molecule has 0 radical (unpaired) electrons. The average molecular weight is 411 g/mol. The number of rotatable bonds is 8. The Labute approximate surface area is 172 Å². The van der Waals surface area contributed by atoms with Crippen molar-refractivity contribution in [3.05, 3.63) is 69.1 Å². The summed E-state index contributed by atoms with van der Waals surface area (Å²) in [5.41, 5.74) is 3.43. The summed E-state index contributed by atoms with van der Waals surface area (Å²) in [5, 5.41) is 15.9. The monoisotopic (exact) mass is 411 g/mol. The first kappa shape index (κ1) is 20.5. The van der Waals surface area contributed by atoms with Gasteiger partial charge in [-0.05, 0) is 37.5 Å². The lowest BCUT2D eigenvalue weighted by molar-refractivity contribution is -0.384. The van der Waals surface area contributed by atoms with Crippen LogP contribution in [0.25, 0.3) is 11.3 Å². The minimum Gasteiger partial charge on any atom is -0.493 e. The third kappa shape index (κ3) is 5.61. The van der Waals surface area contributed by atoms with E-state index in [1.807, 2.05) is 32.0 Å². The summed E-state index contributed by atoms with van der Waals surface area (Å²) < 4.78 is 5.76. The van der Waals surface area contributed by atoms with Gasteiger partial charge in [-0.3, -0.25) is 14.9 Å². The largest absolute Gasteiger partial charge is 0.493 e. The van der Waals surface area contributed by atoms with Crippen LogP contribution in [0.1, 0.15) is 24.0 Å². The van der Waals surface area contributed by atoms with E-state index in [9.17, 15) is 14.9 Å². The van der Waals surface area contributed by atoms with Crippen molar-refractivity contribution >= 4 is 28.1 Å². The normalized spacial score (nSPS) is 10.6. The van der Waals surface area contributed by atoms with E-state index in [1.54, 1.807) is 17.5 Å². The van der Waals surface area contributed by atoms with Crippen molar-refractivity contribution in [1.29, 1.82) is 0 Å². The second-order valence-corrected chi connectivity index (χ2v) is 7.47. The number of benzene rings is 2. The van der Waals surface area contributed by atoms with Crippen LogP contribution < -0.4 is 10.1 Å². The number of anilines is 1. The maximum atomic E-state index is 12.1. The molecule has 7 nitrogen and oxygen atoms in total. The quantitative estimate of drug-likeness (QED) is 0.315. The molecule has 0 aliphatic carbocycles. The maximum Gasteiger partial charge on any atom is 0.270 e. The number of nitro groups is 1. The van der Waals surface area contributed by atoms with Crippen molar-refractivity contribution < 1.29 is 14.5 Å². The Hall–Kier alpha value is -3.26. The second-order valence-electron chi connectivity index (χ2n) is 6.61. The summed E-state index contributed by atoms with van der Waals surface area (Å²) >= 11 is 1.28. The fourth-order valence-electron chi connectivity index (χ4n) is 2.70. The van der Waals surface area contributed by atoms with E-state index in [-0.39, 0.29) is 11.6 Å². The van der Waals surface area contributed by atoms with E-state index in [2.05, 4.69) is 10.3 Å². The van der Waals surface area contributed by atoms with E-state index in [4.69, 9.17) is 4.74 Å². The molecule has 0 atom stereocenters. The second kappa shape index (κ2) is 9.29. The zero-order valence-corrected chi connectivity index (χ0v) is 17.0. The predicted molar refractivity (Wildman–Crippen MR) is 113 cm³/mol. The summed E-state index contributed by atoms with van der Waals surface area (Å²) in [6, 6.07) is 12.3. The lowest BCUT2D eigenvalue weighted by Gasteiger charge is -2.09. The van der Waals surface area contributed by atoms with Crippen LogP contribution in [0.15, 0.2) is 47.8 Å². The molecule has 0 unspecified atom stereocenters. The lowest BCUT2D eigenvalue weighted by Crippen LogP contribution is -2.12. The molecule has 0 aliphatic heterocycles. The summed E-state index contributed by atoms with van der Waals surface area (Å²) in [5.74, 6) is 0.696. The molecule has 1 aromatic heterocycles. The number of nitrogens with zero attached hydrogens (tertiary/aromatic N) is 2. The number of non-ortho nitro benzene ring substituents is 1. The van der Waals surface area contributed by atoms with E-state index >= 15 is 0 Å². The van der Waals surface area contributed by atoms with Crippen LogP contribution in [0.4, 0.5) is 10.8 Å². The van der Waals surface area contributed by atoms with E-state index < -0.39 is 4.92 Å². The van der Waals surface area contributed by atoms with Gasteiger partial charge in [-0.1, -0.05) is 24.3 Å². The lowest BCUT2D eigenvalue weighted by atomic mass is 10.1. The van der Waals surface area contributed by atoms with E-state index in [0.717, 1.165) is 16.9 Å². The highest BCUT2D eigenvalue weighted by molar-refractivity contribution is 7.14. The highest BCUT2D eigenvalue weighted by Gasteiger charge is 2.11. The zero-order valence-electron chi connectivity index (χ0n) is 16.2. The van der Waals surface area contributed by atoms with Crippen LogP contribution in [0.3, 0.4) is 0 Å². The number of aryl methyl sites for hydroxylation is 2. The number of nitrogens with one attached hydrogen (secondary N) is 1. The average Bonchev–Trinajstić information content (AvgIpc) is 3.16. The number of carbonyl (C=O) groups is 1. The number of ether oxygens (including phenoxy) is 1. The Morgan fingerprint density at radius 2 is 2.07 bits per heavy atom. The molecule has 3 rings (SSSR count). The van der Waals surface area contributed by atoms with Gasteiger partial charge in [-0.2, -0.15) is 0 Å². The summed E-state index contributed by atoms with van der Waals surface area (Å²) in [6.07, 6.45) is 0.902. The Bertz CT molecular complexity index is 1030. The van der Waals surface area contributed by atoms with Crippen LogP contribution in [0.2, 0.25) is 0 Å². The number of thiazole rings is 1. The van der Waals surface area contributed by atoms with Gasteiger partial charge in [0.25, 0.3) is 5.69 Å². The van der Waals surface area contributed by atoms with Gasteiger partial charge in [0, 0.05) is 29.5 Å². The summed E-state index contributed by atoms with van der Waals surface area (Å²) in [6.45, 7) is 4.45. The number of hydrogen-bond donors (Lipinski definition) is 1. The number of nitro benzene ring substituents is 1. The smallest absolute Gasteiger partial charge is 0.270 e. The van der Waals surface area contributed by atoms with Gasteiger partial charge in [0.15, 0.2) is 5.13 Å². The SMILES string of the molecule is Cc1ccc(C)c(OCCCC(=O)Nc2nc(-c3cccc([N+](=O)[O-])c3)cs2)c1. The topological polar surface area (TPSA) is 94.4 Å². The first-order chi connectivity index (χ1) is 13.9. The number of hydrogen-bond acceptors (Lipinski definition) is 6. The fraction of sp³-hybridized carbons (Fsp3) is 0.238. The molecule has 1 amide bonds. The third-order valence-electron chi connectivity index (χ3n) is 4.25. The van der Waals surface area contributed by atoms with Crippen LogP contribution >= 0.6 is 11.3 Å². The van der Waals surface area contributed by atoms with Gasteiger partial charge in [-0.25, -0.2) is 4.98 Å². The van der Waals surface area contributed by atoms with Gasteiger partial charge in [0.05, 0.1) is 17.2 Å². The molecule has 0 fully saturated rings. The molecule has 2 aromatic carbocycles. The van der Waals surface area contributed by atoms with Crippen molar-refractivity contribution in [1.82, 2.24) is 4.98 Å². The third-order valence-corrected chi connectivity index (χ3v) is 5.01. The molecule has 1 N–H and O–H groups in total. The molecule has 3 aromatic rings. The van der Waals surface area contributed by atoms with Gasteiger partial charge < -0.3 is 10.1 Å². The molecule has 1 heterocycles. The Morgan fingerprint density at radius 3 is 2.86 bits per heavy atom. The van der Waals surface area contributed by atoms with Crippen molar-refractivity contribution in [2.75, 3.05) is 11.9 Å². The van der Waals surface area contributed by atoms with Crippen molar-refractivity contribution in [3.63, 3.8) is 0 Å². The van der Waals surface area contributed by atoms with Crippen LogP contribution in [0, 0.1) is 24.0 Å². The van der Waals surface area contributed by atoms with Crippen molar-refractivity contribution in [2.24, 2.45) is 0 Å². The molecule has 0 saturated heterocycles. The van der Waals surface area contributed by atoms with Gasteiger partial charge in [0.1, 0.15) is 5.75 Å². The molecule has 29 heavy (non-hydrogen) atoms. The van der Waals surface area contributed by atoms with Gasteiger partial charge >= 0.3 is 0 Å². The first-order valence-corrected chi connectivity index (χ1v) is 10.0. The molecule has 8 heteroatoms. The highest BCUT2D eigenvalue weighted by Crippen LogP contribution is 2.27. The molecule has 0 bridgehead atoms. The van der Waals surface area contributed by atoms with Crippen LogP contribution in [-0.4, -0.2) is 22.4 Å². The standard InChI is InChI=1S/C21H21N3O4S/c1-14-8-9-15(2)19(11-14)28-10-4-7-20(25)23-21-22-18(13-29-21)16-5-3-6-17(12-16)24(26)27/h3,5-6,8-9,11-13H,4,7,10H2,1-2H3,(H,22,23,25). The summed E-state index contributed by atoms with van der Waals surface area (Å²) in [4.78, 5) is 27.0. The van der Waals surface area contributed by atoms with Crippen LogP contribution in [-0.2, 0) is 4.79 Å². The number of carbonyl (C=O) groups excluding carboxylic acids is 1. The Kier molecular flexibility index (Phi) is 6.56. The van der Waals surface area contributed by atoms with Gasteiger partial charge in [-0.15, -0.1) is 11.3 Å². The molecular formula is C21H21N3O4S. The van der Waals surface area contributed by atoms with Crippen molar-refractivity contribution in [2.45, 2.75) is 26.7 Å². The Morgan fingerprint density at radius 1 is 1.24 bits per heavy atom. The van der Waals surface area contributed by atoms with E-state index in [0.29, 0.717) is 35.8 Å². The fourth-order valence-corrected chi connectivity index (χ4v) is 3.44. The zero-order chi connectivity index (χ0) is 20.8. The molecule has 0 saturated carbocycles. The molecule has 0 spiro atoms. The van der Waals surface area contributed by atoms with Crippen molar-refractivity contribution in [3.8, 4) is 17.0 Å². The predicted octanol–water partition coefficient (Wildman–Crippen LogP) is 5.13. The molecule has 0 aliphatic rings. The highest BCUT2D eigenvalue weighted by atomic mass is 32.1. The first-order valence-electron chi connectivity index (χ1n) is 9.12. The number of aromatic nitrogens is 1. The number of amides is 1. The molecular weight excluding hydrogens is 390 g/mol. The van der Waals surface area contributed by atoms with E-state index in [1.165, 1.54) is 23.5 Å². The van der Waals surface area contributed by atoms with Crippen LogP contribution in [0.5, 0.6) is 5.75 Å². The maximum absolute atomic E-state index is 12.1. The molecule has 150 valence electrons. The minimum atomic E-state index is -0.446. The Balaban J connectivity index is 1.49. The minimum absolute atomic E-state index is 0.00457.